The van der Waals surface area contributed by atoms with Crippen molar-refractivity contribution in [2.24, 2.45) is 5.73 Å². The monoisotopic (exact) mass is 249 g/mol. The van der Waals surface area contributed by atoms with Crippen LogP contribution in [0.4, 0.5) is 29.3 Å². The third-order valence-electron chi connectivity index (χ3n) is 1.77. The summed E-state index contributed by atoms with van der Waals surface area (Å²) in [4.78, 5) is 19.7. The minimum atomic E-state index is -4.89. The fourth-order valence-corrected chi connectivity index (χ4v) is 1.14. The van der Waals surface area contributed by atoms with Crippen molar-refractivity contribution in [3.63, 3.8) is 0 Å². The summed E-state index contributed by atoms with van der Waals surface area (Å²) >= 11 is 0. The molecule has 0 radical (unpaired) electrons. The number of nitrogens with zero attached hydrogens (tertiary/aromatic N) is 1. The largest absolute Gasteiger partial charge is 0.423 e. The van der Waals surface area contributed by atoms with E-state index in [9.17, 15) is 28.1 Å². The zero-order chi connectivity index (χ0) is 13.2. The molecule has 0 fully saturated rings. The van der Waals surface area contributed by atoms with E-state index in [-0.39, 0.29) is 5.69 Å². The average molecular weight is 249 g/mol. The molecule has 0 heterocycles. The maximum absolute atomic E-state index is 12.5. The number of carbonyl (C=O) groups excluding carboxylic acids is 1. The first-order valence-corrected chi connectivity index (χ1v) is 4.14. The normalized spacial score (nSPS) is 11.0. The minimum Gasteiger partial charge on any atom is -0.351 e. The molecule has 1 aromatic carbocycles. The molecule has 9 heteroatoms. The van der Waals surface area contributed by atoms with Crippen molar-refractivity contribution in [3.05, 3.63) is 33.9 Å². The van der Waals surface area contributed by atoms with Gasteiger partial charge in [0, 0.05) is 11.8 Å². The average Bonchev–Trinajstić information content (AvgIpc) is 2.14. The highest BCUT2D eigenvalue weighted by atomic mass is 19.4. The van der Waals surface area contributed by atoms with Crippen molar-refractivity contribution in [2.75, 3.05) is 5.32 Å². The lowest BCUT2D eigenvalue weighted by Gasteiger charge is -2.09. The number of hydrogen-bond acceptors (Lipinski definition) is 3. The smallest absolute Gasteiger partial charge is 0.351 e. The Hall–Kier alpha value is -2.32. The first kappa shape index (κ1) is 12.7. The molecule has 0 aromatic heterocycles. The molecule has 1 rings (SSSR count). The lowest BCUT2D eigenvalue weighted by atomic mass is 10.1. The van der Waals surface area contributed by atoms with Gasteiger partial charge in [-0.25, -0.2) is 4.79 Å². The third-order valence-corrected chi connectivity index (χ3v) is 1.77. The van der Waals surface area contributed by atoms with Gasteiger partial charge in [-0.05, 0) is 12.1 Å². The van der Waals surface area contributed by atoms with Crippen LogP contribution in [0.1, 0.15) is 5.56 Å². The predicted octanol–water partition coefficient (Wildman–Crippen LogP) is 2.10. The minimum absolute atomic E-state index is 0.268. The predicted molar refractivity (Wildman–Crippen MR) is 51.3 cm³/mol. The summed E-state index contributed by atoms with van der Waals surface area (Å²) in [5.41, 5.74) is 1.91. The van der Waals surface area contributed by atoms with Crippen molar-refractivity contribution in [2.45, 2.75) is 6.18 Å². The van der Waals surface area contributed by atoms with Crippen LogP contribution in [0.5, 0.6) is 0 Å². The van der Waals surface area contributed by atoms with E-state index >= 15 is 0 Å². The number of amides is 2. The summed E-state index contributed by atoms with van der Waals surface area (Å²) in [5.74, 6) is 0. The number of anilines is 1. The van der Waals surface area contributed by atoms with Crippen LogP contribution in [0.2, 0.25) is 0 Å². The Kier molecular flexibility index (Phi) is 3.21. The Morgan fingerprint density at radius 2 is 2.00 bits per heavy atom. The maximum atomic E-state index is 12.5. The van der Waals surface area contributed by atoms with Crippen molar-refractivity contribution in [1.82, 2.24) is 0 Å². The number of alkyl halides is 3. The summed E-state index contributed by atoms with van der Waals surface area (Å²) in [5, 5.41) is 12.3. The van der Waals surface area contributed by atoms with Gasteiger partial charge in [-0.3, -0.25) is 10.1 Å². The maximum Gasteiger partial charge on any atom is 0.423 e. The second-order valence-corrected chi connectivity index (χ2v) is 2.98. The summed E-state index contributed by atoms with van der Waals surface area (Å²) in [7, 11) is 0. The quantitative estimate of drug-likeness (QED) is 0.620. The Bertz CT molecular complexity index is 473. The van der Waals surface area contributed by atoms with Crippen LogP contribution < -0.4 is 11.1 Å². The summed E-state index contributed by atoms with van der Waals surface area (Å²) < 4.78 is 37.4. The van der Waals surface area contributed by atoms with Gasteiger partial charge in [0.15, 0.2) is 0 Å². The number of hydrogen-bond donors (Lipinski definition) is 2. The van der Waals surface area contributed by atoms with Gasteiger partial charge in [0.05, 0.1) is 4.92 Å². The molecule has 0 saturated carbocycles. The van der Waals surface area contributed by atoms with Crippen LogP contribution in [0.15, 0.2) is 18.2 Å². The van der Waals surface area contributed by atoms with Crippen molar-refractivity contribution >= 4 is 17.4 Å². The fourth-order valence-electron chi connectivity index (χ4n) is 1.14. The van der Waals surface area contributed by atoms with Gasteiger partial charge in [-0.1, -0.05) is 0 Å². The number of urea groups is 1. The lowest BCUT2D eigenvalue weighted by Crippen LogP contribution is -2.20. The van der Waals surface area contributed by atoms with Gasteiger partial charge in [0.2, 0.25) is 0 Å². The SMILES string of the molecule is NC(=O)Nc1ccc([N+](=O)[O-])c(C(F)(F)F)c1. The highest BCUT2D eigenvalue weighted by molar-refractivity contribution is 5.88. The molecule has 0 atom stereocenters. The lowest BCUT2D eigenvalue weighted by molar-refractivity contribution is -0.388. The molecular formula is C8H6F3N3O3. The molecule has 0 spiro atoms. The van der Waals surface area contributed by atoms with E-state index in [0.29, 0.717) is 12.1 Å². The van der Waals surface area contributed by atoms with Gasteiger partial charge in [-0.15, -0.1) is 0 Å². The number of rotatable bonds is 2. The molecule has 92 valence electrons. The summed E-state index contributed by atoms with van der Waals surface area (Å²) in [6.45, 7) is 0. The van der Waals surface area contributed by atoms with Gasteiger partial charge >= 0.3 is 12.2 Å². The van der Waals surface area contributed by atoms with Crippen LogP contribution in [-0.4, -0.2) is 11.0 Å². The molecule has 0 aliphatic heterocycles. The molecule has 0 bridgehead atoms. The van der Waals surface area contributed by atoms with E-state index in [2.05, 4.69) is 0 Å². The fraction of sp³-hybridized carbons (Fsp3) is 0.125. The zero-order valence-electron chi connectivity index (χ0n) is 8.12. The number of benzene rings is 1. The third kappa shape index (κ3) is 3.06. The topological polar surface area (TPSA) is 98.3 Å². The van der Waals surface area contributed by atoms with Crippen LogP contribution in [-0.2, 0) is 6.18 Å². The van der Waals surface area contributed by atoms with E-state index in [1.807, 2.05) is 5.32 Å². The first-order valence-electron chi connectivity index (χ1n) is 4.14. The van der Waals surface area contributed by atoms with Gasteiger partial charge in [0.25, 0.3) is 5.69 Å². The Balaban J connectivity index is 3.29. The molecule has 3 N–H and O–H groups in total. The Morgan fingerprint density at radius 1 is 1.41 bits per heavy atom. The number of carbonyl (C=O) groups is 1. The Labute approximate surface area is 92.4 Å². The van der Waals surface area contributed by atoms with Crippen LogP contribution >= 0.6 is 0 Å². The Morgan fingerprint density at radius 3 is 2.41 bits per heavy atom. The molecule has 6 nitrogen and oxygen atoms in total. The second-order valence-electron chi connectivity index (χ2n) is 2.98. The van der Waals surface area contributed by atoms with Gasteiger partial charge in [0.1, 0.15) is 5.56 Å². The molecule has 0 aliphatic carbocycles. The molecule has 1 aromatic rings. The standard InChI is InChI=1S/C8H6F3N3O3/c9-8(10,11)5-3-4(13-7(12)15)1-2-6(5)14(16)17/h1-3H,(H3,12,13,15). The highest BCUT2D eigenvalue weighted by Gasteiger charge is 2.38. The van der Waals surface area contributed by atoms with Gasteiger partial charge in [-0.2, -0.15) is 13.2 Å². The summed E-state index contributed by atoms with van der Waals surface area (Å²) in [6.07, 6.45) is -4.89. The molecule has 17 heavy (non-hydrogen) atoms. The molecule has 2 amide bonds. The summed E-state index contributed by atoms with van der Waals surface area (Å²) in [6, 6.07) is 0.988. The molecule has 0 aliphatic rings. The van der Waals surface area contributed by atoms with E-state index < -0.39 is 28.4 Å². The van der Waals surface area contributed by atoms with E-state index in [0.717, 1.165) is 6.07 Å². The van der Waals surface area contributed by atoms with Crippen LogP contribution in [0.25, 0.3) is 0 Å². The van der Waals surface area contributed by atoms with Crippen molar-refractivity contribution in [3.8, 4) is 0 Å². The highest BCUT2D eigenvalue weighted by Crippen LogP contribution is 2.37. The first-order chi connectivity index (χ1) is 7.71. The zero-order valence-corrected chi connectivity index (χ0v) is 8.12. The second kappa shape index (κ2) is 4.28. The number of primary amides is 1. The number of nitrogens with one attached hydrogen (secondary N) is 1. The van der Waals surface area contributed by atoms with Crippen molar-refractivity contribution in [1.29, 1.82) is 0 Å². The molecule has 0 saturated heterocycles. The molecule has 0 unspecified atom stereocenters. The van der Waals surface area contributed by atoms with Crippen LogP contribution in [0, 0.1) is 10.1 Å². The number of halogens is 3. The van der Waals surface area contributed by atoms with E-state index in [4.69, 9.17) is 5.73 Å². The number of nitrogens with two attached hydrogens (primary N) is 1. The number of nitro groups is 1. The van der Waals surface area contributed by atoms with E-state index in [1.165, 1.54) is 0 Å². The van der Waals surface area contributed by atoms with Gasteiger partial charge < -0.3 is 11.1 Å². The number of nitro benzene ring substituents is 1. The van der Waals surface area contributed by atoms with E-state index in [1.54, 1.807) is 0 Å². The van der Waals surface area contributed by atoms with Crippen LogP contribution in [0.3, 0.4) is 0 Å². The molecular weight excluding hydrogens is 243 g/mol. The van der Waals surface area contributed by atoms with Crippen molar-refractivity contribution < 1.29 is 22.9 Å².